The Morgan fingerprint density at radius 2 is 1.64 bits per heavy atom. The van der Waals surface area contributed by atoms with Crippen molar-refractivity contribution in [1.29, 1.82) is 0 Å². The van der Waals surface area contributed by atoms with Crippen molar-refractivity contribution in [2.45, 2.75) is 5.16 Å². The van der Waals surface area contributed by atoms with Crippen molar-refractivity contribution in [1.82, 2.24) is 14.9 Å². The van der Waals surface area contributed by atoms with Crippen LogP contribution in [0.25, 0.3) is 0 Å². The molecular formula is C18H20Cl2N4S. The maximum Gasteiger partial charge on any atom is 0.187 e. The van der Waals surface area contributed by atoms with E-state index in [1.165, 1.54) is 0 Å². The molecule has 0 radical (unpaired) electrons. The number of hydrogen-bond acceptors (Lipinski definition) is 5. The third-order valence-corrected chi connectivity index (χ3v) is 5.23. The van der Waals surface area contributed by atoms with Gasteiger partial charge in [-0.2, -0.15) is 0 Å². The fraction of sp³-hybridized carbons (Fsp3) is 0.333. The lowest BCUT2D eigenvalue weighted by molar-refractivity contribution is 0.284. The van der Waals surface area contributed by atoms with Crippen molar-refractivity contribution in [2.24, 2.45) is 0 Å². The summed E-state index contributed by atoms with van der Waals surface area (Å²) in [4.78, 5) is 13.2. The van der Waals surface area contributed by atoms with Gasteiger partial charge in [-0.15, -0.1) is 0 Å². The van der Waals surface area contributed by atoms with E-state index in [1.54, 1.807) is 30.2 Å². The largest absolute Gasteiger partial charge is 0.369 e. The van der Waals surface area contributed by atoms with Crippen LogP contribution in [0.1, 0.15) is 0 Å². The number of anilines is 1. The molecule has 0 atom stereocenters. The van der Waals surface area contributed by atoms with Crippen molar-refractivity contribution in [3.63, 3.8) is 0 Å². The molecule has 1 fully saturated rings. The molecule has 1 aromatic carbocycles. The number of benzene rings is 1. The van der Waals surface area contributed by atoms with Crippen molar-refractivity contribution in [2.75, 3.05) is 43.4 Å². The first-order chi connectivity index (χ1) is 12.2. The van der Waals surface area contributed by atoms with Gasteiger partial charge in [-0.25, -0.2) is 9.97 Å². The first kappa shape index (κ1) is 18.5. The van der Waals surface area contributed by atoms with Gasteiger partial charge in [-0.05, 0) is 24.3 Å². The van der Waals surface area contributed by atoms with E-state index in [4.69, 9.17) is 23.2 Å². The summed E-state index contributed by atoms with van der Waals surface area (Å²) in [7, 11) is 0. The Morgan fingerprint density at radius 1 is 0.960 bits per heavy atom. The number of thioether (sulfide) groups is 1. The van der Waals surface area contributed by atoms with E-state index < -0.39 is 0 Å². The molecule has 0 bridgehead atoms. The summed E-state index contributed by atoms with van der Waals surface area (Å²) in [5.41, 5.74) is 1.10. The number of hydrogen-bond donors (Lipinski definition) is 0. The predicted molar refractivity (Wildman–Crippen MR) is 107 cm³/mol. The Hall–Kier alpha value is -1.27. The van der Waals surface area contributed by atoms with Crippen LogP contribution >= 0.6 is 35.0 Å². The number of halogens is 2. The SMILES string of the molecule is Clc1cc(Cl)cc(N2CCN(C/C=C/CSc3ncccn3)CC2)c1. The third-order valence-electron chi connectivity index (χ3n) is 3.97. The summed E-state index contributed by atoms with van der Waals surface area (Å²) in [5, 5.41) is 2.20. The maximum atomic E-state index is 6.10. The summed E-state index contributed by atoms with van der Waals surface area (Å²) >= 11 is 13.8. The van der Waals surface area contributed by atoms with E-state index in [0.29, 0.717) is 10.0 Å². The maximum absolute atomic E-state index is 6.10. The third kappa shape index (κ3) is 5.89. The zero-order chi connectivity index (χ0) is 17.5. The van der Waals surface area contributed by atoms with Crippen LogP contribution in [0.4, 0.5) is 5.69 Å². The highest BCUT2D eigenvalue weighted by atomic mass is 35.5. The lowest BCUT2D eigenvalue weighted by Gasteiger charge is -2.35. The fourth-order valence-electron chi connectivity index (χ4n) is 2.68. The van der Waals surface area contributed by atoms with E-state index in [1.807, 2.05) is 18.2 Å². The highest BCUT2D eigenvalue weighted by Crippen LogP contribution is 2.26. The minimum atomic E-state index is 0.688. The molecule has 25 heavy (non-hydrogen) atoms. The summed E-state index contributed by atoms with van der Waals surface area (Å²) < 4.78 is 0. The van der Waals surface area contributed by atoms with Crippen LogP contribution in [-0.4, -0.2) is 53.3 Å². The predicted octanol–water partition coefficient (Wildman–Crippen LogP) is 4.25. The van der Waals surface area contributed by atoms with E-state index in [2.05, 4.69) is 31.9 Å². The Kier molecular flexibility index (Phi) is 6.99. The fourth-order valence-corrected chi connectivity index (χ4v) is 3.85. The van der Waals surface area contributed by atoms with E-state index in [9.17, 15) is 0 Å². The van der Waals surface area contributed by atoms with Gasteiger partial charge in [0.15, 0.2) is 5.16 Å². The van der Waals surface area contributed by atoms with Gasteiger partial charge in [0.1, 0.15) is 0 Å². The molecule has 1 aromatic heterocycles. The second-order valence-electron chi connectivity index (χ2n) is 5.73. The van der Waals surface area contributed by atoms with Crippen LogP contribution in [0, 0.1) is 0 Å². The second-order valence-corrected chi connectivity index (χ2v) is 7.59. The Morgan fingerprint density at radius 3 is 2.32 bits per heavy atom. The minimum absolute atomic E-state index is 0.688. The van der Waals surface area contributed by atoms with Crippen molar-refractivity contribution in [3.05, 3.63) is 58.9 Å². The zero-order valence-electron chi connectivity index (χ0n) is 13.8. The average molecular weight is 395 g/mol. The van der Waals surface area contributed by atoms with Crippen LogP contribution < -0.4 is 4.90 Å². The Balaban J connectivity index is 1.39. The molecule has 2 heterocycles. The van der Waals surface area contributed by atoms with Crippen molar-refractivity contribution < 1.29 is 0 Å². The molecule has 1 aliphatic rings. The van der Waals surface area contributed by atoms with Crippen LogP contribution in [-0.2, 0) is 0 Å². The first-order valence-electron chi connectivity index (χ1n) is 8.19. The smallest absolute Gasteiger partial charge is 0.187 e. The van der Waals surface area contributed by atoms with Crippen LogP contribution in [0.5, 0.6) is 0 Å². The van der Waals surface area contributed by atoms with Gasteiger partial charge in [0, 0.05) is 66.6 Å². The molecule has 2 aromatic rings. The molecule has 0 aliphatic carbocycles. The molecule has 0 unspecified atom stereocenters. The molecule has 1 saturated heterocycles. The highest BCUT2D eigenvalue weighted by Gasteiger charge is 2.16. The number of aromatic nitrogens is 2. The summed E-state index contributed by atoms with van der Waals surface area (Å²) in [6, 6.07) is 7.56. The second kappa shape index (κ2) is 9.43. The number of rotatable bonds is 6. The molecule has 7 heteroatoms. The summed E-state index contributed by atoms with van der Waals surface area (Å²) in [5.74, 6) is 0.894. The van der Waals surface area contributed by atoms with Crippen LogP contribution in [0.2, 0.25) is 10.0 Å². The molecule has 132 valence electrons. The molecule has 0 spiro atoms. The molecule has 0 amide bonds. The summed E-state index contributed by atoms with van der Waals surface area (Å²) in [6.07, 6.45) is 7.95. The summed E-state index contributed by atoms with van der Waals surface area (Å²) in [6.45, 7) is 5.00. The standard InChI is InChI=1S/C18H20Cl2N4S/c19-15-12-16(20)14-17(13-15)24-9-7-23(8-10-24)6-1-2-11-25-18-21-4-3-5-22-18/h1-5,12-14H,6-11H2/b2-1+. The number of piperazine rings is 1. The molecule has 0 saturated carbocycles. The average Bonchev–Trinajstić information content (AvgIpc) is 2.62. The first-order valence-corrected chi connectivity index (χ1v) is 9.93. The minimum Gasteiger partial charge on any atom is -0.369 e. The topological polar surface area (TPSA) is 32.3 Å². The van der Waals surface area contributed by atoms with Gasteiger partial charge in [0.05, 0.1) is 0 Å². The van der Waals surface area contributed by atoms with Gasteiger partial charge in [-0.3, -0.25) is 4.90 Å². The van der Waals surface area contributed by atoms with Crippen LogP contribution in [0.15, 0.2) is 54.0 Å². The van der Waals surface area contributed by atoms with E-state index in [-0.39, 0.29) is 0 Å². The molecule has 0 N–H and O–H groups in total. The van der Waals surface area contributed by atoms with Gasteiger partial charge in [0.2, 0.25) is 0 Å². The highest BCUT2D eigenvalue weighted by molar-refractivity contribution is 7.99. The van der Waals surface area contributed by atoms with Gasteiger partial charge >= 0.3 is 0 Å². The monoisotopic (exact) mass is 394 g/mol. The molecule has 4 nitrogen and oxygen atoms in total. The van der Waals surface area contributed by atoms with Crippen molar-refractivity contribution >= 4 is 40.7 Å². The quantitative estimate of drug-likeness (QED) is 0.415. The van der Waals surface area contributed by atoms with Gasteiger partial charge in [-0.1, -0.05) is 47.1 Å². The van der Waals surface area contributed by atoms with Gasteiger partial charge < -0.3 is 4.90 Å². The van der Waals surface area contributed by atoms with E-state index >= 15 is 0 Å². The molecule has 3 rings (SSSR count). The molecular weight excluding hydrogens is 375 g/mol. The Labute approximate surface area is 162 Å². The lowest BCUT2D eigenvalue weighted by Crippen LogP contribution is -2.46. The Bertz CT molecular complexity index is 683. The molecule has 1 aliphatic heterocycles. The van der Waals surface area contributed by atoms with E-state index in [0.717, 1.165) is 49.3 Å². The lowest BCUT2D eigenvalue weighted by atomic mass is 10.2. The van der Waals surface area contributed by atoms with Gasteiger partial charge in [0.25, 0.3) is 0 Å². The number of nitrogens with zero attached hydrogens (tertiary/aromatic N) is 4. The normalized spacial score (nSPS) is 15.8. The zero-order valence-corrected chi connectivity index (χ0v) is 16.1. The van der Waals surface area contributed by atoms with Crippen molar-refractivity contribution in [3.8, 4) is 0 Å². The van der Waals surface area contributed by atoms with Crippen LogP contribution in [0.3, 0.4) is 0 Å².